The molecule has 2 atom stereocenters. The second-order valence-corrected chi connectivity index (χ2v) is 5.09. The third-order valence-electron chi connectivity index (χ3n) is 4.05. The summed E-state index contributed by atoms with van der Waals surface area (Å²) in [6.07, 6.45) is 2.29. The number of hydrogen-bond donors (Lipinski definition) is 1. The third kappa shape index (κ3) is 2.83. The van der Waals surface area contributed by atoms with Gasteiger partial charge >= 0.3 is 0 Å². The highest BCUT2D eigenvalue weighted by Crippen LogP contribution is 2.35. The monoisotopic (exact) mass is 273 g/mol. The Labute approximate surface area is 121 Å². The number of nitrogens with one attached hydrogen (secondary N) is 1. The van der Waals surface area contributed by atoms with E-state index in [1.807, 2.05) is 0 Å². The summed E-state index contributed by atoms with van der Waals surface area (Å²) < 4.78 is 0. The van der Waals surface area contributed by atoms with Crippen LogP contribution in [0.25, 0.3) is 0 Å². The molecule has 1 nitrogen and oxygen atoms in total. The molecule has 0 bridgehead atoms. The van der Waals surface area contributed by atoms with Gasteiger partial charge in [-0.2, -0.15) is 0 Å². The van der Waals surface area contributed by atoms with Gasteiger partial charge in [-0.05, 0) is 36.6 Å². The van der Waals surface area contributed by atoms with Crippen molar-refractivity contribution in [3.05, 3.63) is 71.3 Å². The van der Waals surface area contributed by atoms with Crippen molar-refractivity contribution >= 4 is 12.4 Å². The Morgan fingerprint density at radius 1 is 1.00 bits per heavy atom. The average molecular weight is 274 g/mol. The molecular weight excluding hydrogens is 254 g/mol. The zero-order chi connectivity index (χ0) is 12.4. The predicted octanol–water partition coefficient (Wildman–Crippen LogP) is 3.58. The molecule has 1 N–H and O–H groups in total. The molecule has 0 amide bonds. The third-order valence-corrected chi connectivity index (χ3v) is 4.05. The minimum Gasteiger partial charge on any atom is -0.316 e. The number of likely N-dealkylation sites (N-methyl/N-ethyl adjacent to an activating group) is 1. The molecule has 0 aliphatic heterocycles. The first-order valence-corrected chi connectivity index (χ1v) is 6.67. The fourth-order valence-corrected chi connectivity index (χ4v) is 3.10. The van der Waals surface area contributed by atoms with Crippen LogP contribution in [0.15, 0.2) is 54.6 Å². The Kier molecular flexibility index (Phi) is 4.62. The van der Waals surface area contributed by atoms with Crippen molar-refractivity contribution in [3.8, 4) is 0 Å². The van der Waals surface area contributed by atoms with Crippen LogP contribution in [0.3, 0.4) is 0 Å². The Hall–Kier alpha value is -1.31. The quantitative estimate of drug-likeness (QED) is 0.901. The fraction of sp³-hybridized carbons (Fsp3) is 0.294. The maximum Gasteiger partial charge on any atom is 0.0177 e. The first-order chi connectivity index (χ1) is 8.88. The van der Waals surface area contributed by atoms with Crippen LogP contribution in [0.4, 0.5) is 0 Å². The second kappa shape index (κ2) is 6.23. The Morgan fingerprint density at radius 3 is 2.42 bits per heavy atom. The lowest BCUT2D eigenvalue weighted by Gasteiger charge is -2.20. The van der Waals surface area contributed by atoms with E-state index >= 15 is 0 Å². The van der Waals surface area contributed by atoms with E-state index in [-0.39, 0.29) is 12.4 Å². The number of halogens is 1. The molecule has 19 heavy (non-hydrogen) atoms. The molecule has 0 fully saturated rings. The summed E-state index contributed by atoms with van der Waals surface area (Å²) in [5.41, 5.74) is 4.47. The van der Waals surface area contributed by atoms with E-state index in [1.165, 1.54) is 16.7 Å². The van der Waals surface area contributed by atoms with Gasteiger partial charge in [-0.3, -0.25) is 0 Å². The molecule has 2 aromatic rings. The maximum absolute atomic E-state index is 3.48. The van der Waals surface area contributed by atoms with Gasteiger partial charge in [0.2, 0.25) is 0 Å². The van der Waals surface area contributed by atoms with Crippen molar-refractivity contribution < 1.29 is 0 Å². The topological polar surface area (TPSA) is 12.0 Å². The lowest BCUT2D eigenvalue weighted by atomic mass is 9.91. The van der Waals surface area contributed by atoms with Gasteiger partial charge in [0, 0.05) is 12.0 Å². The van der Waals surface area contributed by atoms with Crippen LogP contribution in [0.5, 0.6) is 0 Å². The van der Waals surface area contributed by atoms with E-state index in [1.54, 1.807) is 0 Å². The molecule has 1 unspecified atom stereocenters. The number of rotatable bonds is 3. The summed E-state index contributed by atoms with van der Waals surface area (Å²) in [6.45, 7) is 0. The summed E-state index contributed by atoms with van der Waals surface area (Å²) >= 11 is 0. The van der Waals surface area contributed by atoms with Crippen LogP contribution in [-0.4, -0.2) is 13.1 Å². The SMILES string of the molecule is CN[C@H]1Cc2ccccc2C1Cc1ccccc1.Cl. The maximum atomic E-state index is 3.48. The molecule has 0 spiro atoms. The summed E-state index contributed by atoms with van der Waals surface area (Å²) in [5.74, 6) is 0.605. The van der Waals surface area contributed by atoms with Crippen LogP contribution in [0.2, 0.25) is 0 Å². The minimum atomic E-state index is 0. The van der Waals surface area contributed by atoms with Crippen LogP contribution >= 0.6 is 12.4 Å². The molecule has 0 saturated carbocycles. The lowest BCUT2D eigenvalue weighted by molar-refractivity contribution is 0.492. The summed E-state index contributed by atoms with van der Waals surface area (Å²) in [5, 5.41) is 3.48. The van der Waals surface area contributed by atoms with Crippen LogP contribution < -0.4 is 5.32 Å². The summed E-state index contributed by atoms with van der Waals surface area (Å²) in [7, 11) is 2.08. The van der Waals surface area contributed by atoms with E-state index in [9.17, 15) is 0 Å². The molecule has 1 aliphatic carbocycles. The highest BCUT2D eigenvalue weighted by atomic mass is 35.5. The van der Waals surface area contributed by atoms with Crippen molar-refractivity contribution in [1.82, 2.24) is 5.32 Å². The van der Waals surface area contributed by atoms with Crippen molar-refractivity contribution in [2.24, 2.45) is 0 Å². The van der Waals surface area contributed by atoms with Crippen molar-refractivity contribution in [1.29, 1.82) is 0 Å². The van der Waals surface area contributed by atoms with Gasteiger partial charge in [-0.25, -0.2) is 0 Å². The number of benzene rings is 2. The van der Waals surface area contributed by atoms with Gasteiger partial charge in [0.1, 0.15) is 0 Å². The molecule has 2 heteroatoms. The first-order valence-electron chi connectivity index (χ1n) is 6.67. The molecule has 2 aromatic carbocycles. The fourth-order valence-electron chi connectivity index (χ4n) is 3.10. The van der Waals surface area contributed by atoms with Gasteiger partial charge in [-0.15, -0.1) is 12.4 Å². The summed E-state index contributed by atoms with van der Waals surface area (Å²) in [6, 6.07) is 20.2. The van der Waals surface area contributed by atoms with E-state index in [0.717, 1.165) is 12.8 Å². The van der Waals surface area contributed by atoms with Crippen molar-refractivity contribution in [2.45, 2.75) is 24.8 Å². The minimum absolute atomic E-state index is 0. The molecule has 3 rings (SSSR count). The van der Waals surface area contributed by atoms with Crippen molar-refractivity contribution in [3.63, 3.8) is 0 Å². The largest absolute Gasteiger partial charge is 0.316 e. The number of fused-ring (bicyclic) bond motifs is 1. The van der Waals surface area contributed by atoms with Gasteiger partial charge < -0.3 is 5.32 Å². The Balaban J connectivity index is 0.00000133. The van der Waals surface area contributed by atoms with Gasteiger partial charge in [0.05, 0.1) is 0 Å². The molecule has 0 radical (unpaired) electrons. The Bertz CT molecular complexity index is 524. The van der Waals surface area contributed by atoms with Crippen LogP contribution in [0.1, 0.15) is 22.6 Å². The van der Waals surface area contributed by atoms with Crippen molar-refractivity contribution in [2.75, 3.05) is 7.05 Å². The van der Waals surface area contributed by atoms with Gasteiger partial charge in [0.15, 0.2) is 0 Å². The standard InChI is InChI=1S/C17H19N.ClH/c1-18-17-12-14-9-5-6-10-15(14)16(17)11-13-7-3-2-4-8-13;/h2-10,16-18H,11-12H2,1H3;1H/t16?,17-;/m0./s1. The van der Waals surface area contributed by atoms with Gasteiger partial charge in [-0.1, -0.05) is 54.6 Å². The molecule has 100 valence electrons. The zero-order valence-electron chi connectivity index (χ0n) is 11.2. The Morgan fingerprint density at radius 2 is 1.68 bits per heavy atom. The first kappa shape index (κ1) is 14.1. The smallest absolute Gasteiger partial charge is 0.0177 e. The molecule has 0 heterocycles. The van der Waals surface area contributed by atoms with E-state index in [0.29, 0.717) is 12.0 Å². The molecular formula is C17H20ClN. The van der Waals surface area contributed by atoms with E-state index < -0.39 is 0 Å². The molecule has 0 aromatic heterocycles. The van der Waals surface area contributed by atoms with Gasteiger partial charge in [0.25, 0.3) is 0 Å². The number of hydrogen-bond acceptors (Lipinski definition) is 1. The normalized spacial score (nSPS) is 20.7. The van der Waals surface area contributed by atoms with Crippen LogP contribution in [0, 0.1) is 0 Å². The lowest BCUT2D eigenvalue weighted by Crippen LogP contribution is -2.30. The van der Waals surface area contributed by atoms with E-state index in [4.69, 9.17) is 0 Å². The molecule has 0 saturated heterocycles. The second-order valence-electron chi connectivity index (χ2n) is 5.09. The predicted molar refractivity (Wildman–Crippen MR) is 83.1 cm³/mol. The van der Waals surface area contributed by atoms with E-state index in [2.05, 4.69) is 67.0 Å². The van der Waals surface area contributed by atoms with Crippen LogP contribution in [-0.2, 0) is 12.8 Å². The average Bonchev–Trinajstić information content (AvgIpc) is 2.78. The highest BCUT2D eigenvalue weighted by molar-refractivity contribution is 5.85. The highest BCUT2D eigenvalue weighted by Gasteiger charge is 2.30. The zero-order valence-corrected chi connectivity index (χ0v) is 12.0. The molecule has 1 aliphatic rings. The summed E-state index contributed by atoms with van der Waals surface area (Å²) in [4.78, 5) is 0.